The molecule has 0 aromatic heterocycles. The van der Waals surface area contributed by atoms with E-state index in [1.165, 1.54) is 12.2 Å². The van der Waals surface area contributed by atoms with Gasteiger partial charge in [0.2, 0.25) is 5.91 Å². The Hall–Kier alpha value is -2.88. The largest absolute Gasteiger partial charge is 0.348 e. The first-order valence-electron chi connectivity index (χ1n) is 8.34. The van der Waals surface area contributed by atoms with Gasteiger partial charge >= 0.3 is 0 Å². The number of carbonyl (C=O) groups is 2. The molecule has 0 fully saturated rings. The van der Waals surface area contributed by atoms with E-state index in [1.807, 2.05) is 63.3 Å². The van der Waals surface area contributed by atoms with Crippen molar-refractivity contribution in [3.63, 3.8) is 0 Å². The lowest BCUT2D eigenvalue weighted by molar-refractivity contribution is -0.117. The van der Waals surface area contributed by atoms with Gasteiger partial charge in [0.1, 0.15) is 0 Å². The molecule has 0 saturated heterocycles. The van der Waals surface area contributed by atoms with E-state index < -0.39 is 0 Å². The van der Waals surface area contributed by atoms with E-state index in [1.54, 1.807) is 29.2 Å². The van der Waals surface area contributed by atoms with Crippen molar-refractivity contribution in [1.29, 1.82) is 0 Å². The van der Waals surface area contributed by atoms with Crippen LogP contribution in [0.2, 0.25) is 0 Å². The summed E-state index contributed by atoms with van der Waals surface area (Å²) in [5.74, 6) is -0.314. The molecular formula is C21H26N2O2. The highest BCUT2D eigenvalue weighted by Gasteiger charge is 2.17. The summed E-state index contributed by atoms with van der Waals surface area (Å²) in [6.07, 6.45) is 13.7. The minimum atomic E-state index is -0.193. The molecule has 1 N–H and O–H groups in total. The molecule has 1 unspecified atom stereocenters. The average molecular weight is 338 g/mol. The maximum Gasteiger partial charge on any atom is 0.251 e. The highest BCUT2D eigenvalue weighted by Crippen LogP contribution is 2.14. The molecule has 4 nitrogen and oxygen atoms in total. The molecule has 0 bridgehead atoms. The minimum absolute atomic E-state index is 0.130. The maximum atomic E-state index is 12.5. The summed E-state index contributed by atoms with van der Waals surface area (Å²) in [5, 5.41) is 2.87. The number of rotatable bonds is 8. The van der Waals surface area contributed by atoms with Gasteiger partial charge in [-0.15, -0.1) is 0 Å². The first kappa shape index (κ1) is 20.2. The van der Waals surface area contributed by atoms with Crippen molar-refractivity contribution in [2.45, 2.75) is 26.8 Å². The van der Waals surface area contributed by atoms with Crippen LogP contribution in [-0.2, 0) is 9.59 Å². The summed E-state index contributed by atoms with van der Waals surface area (Å²) in [6.45, 7) is 6.03. The second-order valence-electron chi connectivity index (χ2n) is 5.46. The number of anilines is 1. The van der Waals surface area contributed by atoms with E-state index >= 15 is 0 Å². The van der Waals surface area contributed by atoms with Gasteiger partial charge in [-0.2, -0.15) is 0 Å². The average Bonchev–Trinajstić information content (AvgIpc) is 2.60. The molecule has 1 atom stereocenters. The lowest BCUT2D eigenvalue weighted by atomic mass is 10.2. The minimum Gasteiger partial charge on any atom is -0.348 e. The van der Waals surface area contributed by atoms with E-state index in [4.69, 9.17) is 0 Å². The number of carbonyl (C=O) groups excluding carboxylic acids is 2. The second-order valence-corrected chi connectivity index (χ2v) is 5.46. The molecule has 0 heterocycles. The van der Waals surface area contributed by atoms with Crippen molar-refractivity contribution in [2.24, 2.45) is 0 Å². The van der Waals surface area contributed by atoms with E-state index in [-0.39, 0.29) is 17.9 Å². The number of allylic oxidation sites excluding steroid dienone is 6. The molecule has 0 radical (unpaired) electrons. The highest BCUT2D eigenvalue weighted by atomic mass is 16.2. The molecule has 1 rings (SSSR count). The van der Waals surface area contributed by atoms with E-state index in [0.717, 1.165) is 5.69 Å². The smallest absolute Gasteiger partial charge is 0.251 e. The predicted molar refractivity (Wildman–Crippen MR) is 104 cm³/mol. The Balaban J connectivity index is 2.83. The van der Waals surface area contributed by atoms with Crippen molar-refractivity contribution in [3.05, 3.63) is 78.9 Å². The maximum absolute atomic E-state index is 12.5. The third kappa shape index (κ3) is 7.97. The third-order valence-electron chi connectivity index (χ3n) is 3.27. The van der Waals surface area contributed by atoms with Crippen LogP contribution in [0.3, 0.4) is 0 Å². The highest BCUT2D eigenvalue weighted by molar-refractivity contribution is 6.01. The van der Waals surface area contributed by atoms with Gasteiger partial charge in [-0.1, -0.05) is 54.7 Å². The summed E-state index contributed by atoms with van der Waals surface area (Å²) in [7, 11) is 0. The van der Waals surface area contributed by atoms with Crippen molar-refractivity contribution in [1.82, 2.24) is 5.32 Å². The summed E-state index contributed by atoms with van der Waals surface area (Å²) in [6, 6.07) is 9.23. The van der Waals surface area contributed by atoms with Gasteiger partial charge in [0.25, 0.3) is 5.91 Å². The fourth-order valence-corrected chi connectivity index (χ4v) is 2.13. The van der Waals surface area contributed by atoms with Gasteiger partial charge < -0.3 is 10.2 Å². The van der Waals surface area contributed by atoms with Gasteiger partial charge in [-0.25, -0.2) is 0 Å². The molecule has 25 heavy (non-hydrogen) atoms. The van der Waals surface area contributed by atoms with Crippen molar-refractivity contribution < 1.29 is 9.59 Å². The number of para-hydroxylation sites is 1. The molecule has 1 aromatic rings. The first-order chi connectivity index (χ1) is 12.1. The topological polar surface area (TPSA) is 49.4 Å². The van der Waals surface area contributed by atoms with Crippen LogP contribution in [0.5, 0.6) is 0 Å². The van der Waals surface area contributed by atoms with Gasteiger partial charge in [-0.05, 0) is 32.9 Å². The normalized spacial score (nSPS) is 13.1. The van der Waals surface area contributed by atoms with Crippen LogP contribution in [0.25, 0.3) is 0 Å². The number of nitrogens with one attached hydrogen (secondary N) is 1. The molecule has 0 saturated carbocycles. The predicted octanol–water partition coefficient (Wildman–Crippen LogP) is 3.79. The fraction of sp³-hybridized carbons (Fsp3) is 0.238. The van der Waals surface area contributed by atoms with Gasteiger partial charge in [0, 0.05) is 30.4 Å². The van der Waals surface area contributed by atoms with Crippen molar-refractivity contribution >= 4 is 17.5 Å². The van der Waals surface area contributed by atoms with E-state index in [9.17, 15) is 9.59 Å². The molecule has 1 aromatic carbocycles. The first-order valence-corrected chi connectivity index (χ1v) is 8.34. The molecular weight excluding hydrogens is 312 g/mol. The van der Waals surface area contributed by atoms with Gasteiger partial charge in [0.15, 0.2) is 0 Å². The Morgan fingerprint density at radius 2 is 1.60 bits per heavy atom. The van der Waals surface area contributed by atoms with Crippen LogP contribution >= 0.6 is 0 Å². The zero-order valence-electron chi connectivity index (χ0n) is 15.1. The standard InChI is InChI=1S/C21H26N2O2/c1-4-6-9-15-20(24)22-18(3)17-23(19-13-11-8-12-14-19)21(25)16-10-7-5-2/h4-16,18H,17H2,1-3H3,(H,22,24). The molecule has 132 valence electrons. The molecule has 0 spiro atoms. The van der Waals surface area contributed by atoms with Gasteiger partial charge in [-0.3, -0.25) is 9.59 Å². The Morgan fingerprint density at radius 3 is 2.20 bits per heavy atom. The zero-order chi connectivity index (χ0) is 18.5. The molecule has 0 aliphatic carbocycles. The monoisotopic (exact) mass is 338 g/mol. The SMILES string of the molecule is CC=CC=CC(=O)NC(C)CN(C(=O)C=CC=CC)c1ccccc1. The molecule has 0 aliphatic heterocycles. The lowest BCUT2D eigenvalue weighted by Crippen LogP contribution is -2.43. The van der Waals surface area contributed by atoms with Crippen molar-refractivity contribution in [3.8, 4) is 0 Å². The van der Waals surface area contributed by atoms with Crippen molar-refractivity contribution in [2.75, 3.05) is 11.4 Å². The van der Waals surface area contributed by atoms with E-state index in [0.29, 0.717) is 6.54 Å². The summed E-state index contributed by atoms with van der Waals surface area (Å²) < 4.78 is 0. The Bertz CT molecular complexity index is 658. The summed E-state index contributed by atoms with van der Waals surface area (Å²) >= 11 is 0. The lowest BCUT2D eigenvalue weighted by Gasteiger charge is -2.25. The van der Waals surface area contributed by atoms with Crippen LogP contribution in [-0.4, -0.2) is 24.4 Å². The molecule has 0 aliphatic rings. The summed E-state index contributed by atoms with van der Waals surface area (Å²) in [4.78, 5) is 26.0. The van der Waals surface area contributed by atoms with Crippen LogP contribution in [0.4, 0.5) is 5.69 Å². The Kier molecular flexibility index (Phi) is 9.38. The Labute approximate surface area is 150 Å². The number of nitrogens with zero attached hydrogens (tertiary/aromatic N) is 1. The Morgan fingerprint density at radius 1 is 1.00 bits per heavy atom. The molecule has 2 amide bonds. The van der Waals surface area contributed by atoms with Gasteiger partial charge in [0.05, 0.1) is 0 Å². The van der Waals surface area contributed by atoms with Crippen LogP contribution in [0.15, 0.2) is 78.9 Å². The third-order valence-corrected chi connectivity index (χ3v) is 3.27. The number of hydrogen-bond donors (Lipinski definition) is 1. The summed E-state index contributed by atoms with van der Waals surface area (Å²) in [5.41, 5.74) is 0.795. The quantitative estimate of drug-likeness (QED) is 0.579. The zero-order valence-corrected chi connectivity index (χ0v) is 15.1. The fourth-order valence-electron chi connectivity index (χ4n) is 2.13. The number of benzene rings is 1. The second kappa shape index (κ2) is 11.6. The molecule has 4 heteroatoms. The van der Waals surface area contributed by atoms with Crippen LogP contribution in [0.1, 0.15) is 20.8 Å². The number of amides is 2. The van der Waals surface area contributed by atoms with Crippen LogP contribution in [0, 0.1) is 0 Å². The number of hydrogen-bond acceptors (Lipinski definition) is 2. The van der Waals surface area contributed by atoms with E-state index in [2.05, 4.69) is 5.32 Å². The van der Waals surface area contributed by atoms with Crippen LogP contribution < -0.4 is 10.2 Å².